The normalized spacial score (nSPS) is 11.7. The number of carbonyl (C=O) groups is 2. The first-order valence-corrected chi connectivity index (χ1v) is 8.95. The van der Waals surface area contributed by atoms with Crippen molar-refractivity contribution in [2.45, 2.75) is 25.8 Å². The summed E-state index contributed by atoms with van der Waals surface area (Å²) in [7, 11) is 1.59. The number of aryl methyl sites for hydroxylation is 1. The number of ether oxygens (including phenoxy) is 1. The van der Waals surface area contributed by atoms with Gasteiger partial charge in [0.25, 0.3) is 0 Å². The zero-order chi connectivity index (χ0) is 20.8. The van der Waals surface area contributed by atoms with Crippen molar-refractivity contribution in [3.63, 3.8) is 0 Å². The highest BCUT2D eigenvalue weighted by atomic mass is 16.5. The number of nitrogens with one attached hydrogen (secondary N) is 1. The summed E-state index contributed by atoms with van der Waals surface area (Å²) in [6, 6.07) is 13.5. The lowest BCUT2D eigenvalue weighted by molar-refractivity contribution is -0.136. The molecule has 0 bridgehead atoms. The number of rotatable bonds is 8. The Labute approximate surface area is 167 Å². The molecule has 0 saturated carbocycles. The van der Waals surface area contributed by atoms with Crippen molar-refractivity contribution < 1.29 is 19.4 Å². The predicted molar refractivity (Wildman–Crippen MR) is 105 cm³/mol. The average molecular weight is 395 g/mol. The maximum absolute atomic E-state index is 13.0. The van der Waals surface area contributed by atoms with E-state index in [2.05, 4.69) is 20.8 Å². The van der Waals surface area contributed by atoms with Crippen LogP contribution in [0.2, 0.25) is 0 Å². The first kappa shape index (κ1) is 20.0. The van der Waals surface area contributed by atoms with Gasteiger partial charge in [0, 0.05) is 12.1 Å². The molecule has 0 aliphatic carbocycles. The van der Waals surface area contributed by atoms with E-state index in [0.29, 0.717) is 29.2 Å². The highest BCUT2D eigenvalue weighted by Gasteiger charge is 2.24. The first-order chi connectivity index (χ1) is 14.0. The van der Waals surface area contributed by atoms with Gasteiger partial charge in [0.05, 0.1) is 13.5 Å². The molecule has 0 radical (unpaired) electrons. The lowest BCUT2D eigenvalue weighted by atomic mass is 10.0. The molecule has 0 aliphatic rings. The van der Waals surface area contributed by atoms with Crippen LogP contribution in [-0.4, -0.2) is 44.3 Å². The van der Waals surface area contributed by atoms with Gasteiger partial charge in [-0.2, -0.15) is 0 Å². The number of tetrazole rings is 1. The zero-order valence-electron chi connectivity index (χ0n) is 16.1. The molecule has 1 unspecified atom stereocenters. The van der Waals surface area contributed by atoms with Crippen LogP contribution >= 0.6 is 0 Å². The molecule has 9 nitrogen and oxygen atoms in total. The van der Waals surface area contributed by atoms with E-state index in [9.17, 15) is 9.59 Å². The standard InChI is InChI=1S/C20H21N5O4/c1-13-22-23-24-25(13)18(11-15-4-3-5-17(10-15)29-2)20(28)21-16-8-6-14(7-9-16)12-19(26)27/h3-10,18H,11-12H2,1-2H3,(H,21,28)(H,26,27). The number of benzene rings is 2. The highest BCUT2D eigenvalue weighted by Crippen LogP contribution is 2.21. The zero-order valence-corrected chi connectivity index (χ0v) is 16.1. The monoisotopic (exact) mass is 395 g/mol. The van der Waals surface area contributed by atoms with Gasteiger partial charge in [0.15, 0.2) is 0 Å². The molecule has 150 valence electrons. The molecule has 29 heavy (non-hydrogen) atoms. The third-order valence-corrected chi connectivity index (χ3v) is 4.40. The number of nitrogens with zero attached hydrogens (tertiary/aromatic N) is 4. The Morgan fingerprint density at radius 2 is 1.93 bits per heavy atom. The molecule has 9 heteroatoms. The van der Waals surface area contributed by atoms with Crippen molar-refractivity contribution in [3.05, 3.63) is 65.5 Å². The van der Waals surface area contributed by atoms with Crippen LogP contribution in [0.1, 0.15) is 23.0 Å². The summed E-state index contributed by atoms with van der Waals surface area (Å²) in [4.78, 5) is 23.8. The number of anilines is 1. The number of hydrogen-bond acceptors (Lipinski definition) is 6. The minimum atomic E-state index is -0.908. The van der Waals surface area contributed by atoms with Crippen molar-refractivity contribution in [2.24, 2.45) is 0 Å². The van der Waals surface area contributed by atoms with Gasteiger partial charge in [-0.15, -0.1) is 5.10 Å². The van der Waals surface area contributed by atoms with E-state index in [1.54, 1.807) is 38.3 Å². The van der Waals surface area contributed by atoms with Crippen LogP contribution < -0.4 is 10.1 Å². The fourth-order valence-electron chi connectivity index (χ4n) is 2.95. The molecular formula is C20H21N5O4. The second-order valence-corrected chi connectivity index (χ2v) is 6.50. The van der Waals surface area contributed by atoms with Crippen LogP contribution in [0.25, 0.3) is 0 Å². The van der Waals surface area contributed by atoms with Crippen LogP contribution in [-0.2, 0) is 22.4 Å². The van der Waals surface area contributed by atoms with Crippen LogP contribution in [0.5, 0.6) is 5.75 Å². The lowest BCUT2D eigenvalue weighted by Gasteiger charge is -2.18. The molecule has 1 aromatic heterocycles. The Balaban J connectivity index is 1.81. The largest absolute Gasteiger partial charge is 0.497 e. The van der Waals surface area contributed by atoms with E-state index in [0.717, 1.165) is 5.56 Å². The van der Waals surface area contributed by atoms with Gasteiger partial charge in [-0.1, -0.05) is 24.3 Å². The lowest BCUT2D eigenvalue weighted by Crippen LogP contribution is -2.29. The first-order valence-electron chi connectivity index (χ1n) is 8.95. The summed E-state index contributed by atoms with van der Waals surface area (Å²) in [5.74, 6) is 0.0254. The fraction of sp³-hybridized carbons (Fsp3) is 0.250. The van der Waals surface area contributed by atoms with Crippen molar-refractivity contribution in [2.75, 3.05) is 12.4 Å². The fourth-order valence-corrected chi connectivity index (χ4v) is 2.95. The van der Waals surface area contributed by atoms with E-state index < -0.39 is 12.0 Å². The molecule has 3 aromatic rings. The van der Waals surface area contributed by atoms with E-state index >= 15 is 0 Å². The quantitative estimate of drug-likeness (QED) is 0.599. The number of carboxylic acids is 1. The van der Waals surface area contributed by atoms with Gasteiger partial charge in [-0.25, -0.2) is 4.68 Å². The van der Waals surface area contributed by atoms with Crippen molar-refractivity contribution >= 4 is 17.6 Å². The van der Waals surface area contributed by atoms with Crippen LogP contribution in [0, 0.1) is 6.92 Å². The van der Waals surface area contributed by atoms with E-state index in [1.807, 2.05) is 24.3 Å². The summed E-state index contributed by atoms with van der Waals surface area (Å²) in [6.45, 7) is 1.73. The Morgan fingerprint density at radius 3 is 2.55 bits per heavy atom. The molecule has 0 spiro atoms. The third kappa shape index (κ3) is 5.16. The average Bonchev–Trinajstić information content (AvgIpc) is 3.13. The second kappa shape index (κ2) is 8.96. The Bertz CT molecular complexity index is 1000. The van der Waals surface area contributed by atoms with E-state index in [1.165, 1.54) is 4.68 Å². The molecule has 1 atom stereocenters. The summed E-state index contributed by atoms with van der Waals surface area (Å²) >= 11 is 0. The number of methoxy groups -OCH3 is 1. The molecule has 2 aromatic carbocycles. The van der Waals surface area contributed by atoms with Gasteiger partial charge >= 0.3 is 5.97 Å². The van der Waals surface area contributed by atoms with Crippen LogP contribution in [0.3, 0.4) is 0 Å². The molecule has 0 aliphatic heterocycles. The van der Waals surface area contributed by atoms with Crippen molar-refractivity contribution in [3.8, 4) is 5.75 Å². The molecule has 2 N–H and O–H groups in total. The summed E-state index contributed by atoms with van der Waals surface area (Å²) in [5.41, 5.74) is 2.11. The smallest absolute Gasteiger partial charge is 0.307 e. The predicted octanol–water partition coefficient (Wildman–Crippen LogP) is 2.04. The molecule has 3 rings (SSSR count). The van der Waals surface area contributed by atoms with Gasteiger partial charge in [0.1, 0.15) is 17.6 Å². The summed E-state index contributed by atoms with van der Waals surface area (Å²) < 4.78 is 6.74. The van der Waals surface area contributed by atoms with E-state index in [-0.39, 0.29) is 12.3 Å². The van der Waals surface area contributed by atoms with Gasteiger partial charge in [0.2, 0.25) is 5.91 Å². The van der Waals surface area contributed by atoms with Crippen LogP contribution in [0.15, 0.2) is 48.5 Å². The third-order valence-electron chi connectivity index (χ3n) is 4.40. The van der Waals surface area contributed by atoms with Crippen molar-refractivity contribution in [1.82, 2.24) is 20.2 Å². The molecule has 0 saturated heterocycles. The Kier molecular flexibility index (Phi) is 6.18. The molecule has 1 amide bonds. The Hall–Kier alpha value is -3.75. The number of aliphatic carboxylic acids is 1. The minimum absolute atomic E-state index is 0.0729. The van der Waals surface area contributed by atoms with Crippen molar-refractivity contribution in [1.29, 1.82) is 0 Å². The maximum Gasteiger partial charge on any atom is 0.307 e. The number of carbonyl (C=O) groups excluding carboxylic acids is 1. The molecule has 0 fully saturated rings. The maximum atomic E-state index is 13.0. The van der Waals surface area contributed by atoms with Gasteiger partial charge in [-0.3, -0.25) is 9.59 Å². The number of aromatic nitrogens is 4. The molecule has 1 heterocycles. The summed E-state index contributed by atoms with van der Waals surface area (Å²) in [5, 5.41) is 23.2. The molecular weight excluding hydrogens is 374 g/mol. The second-order valence-electron chi connectivity index (χ2n) is 6.50. The Morgan fingerprint density at radius 1 is 1.17 bits per heavy atom. The highest BCUT2D eigenvalue weighted by molar-refractivity contribution is 5.94. The number of amides is 1. The van der Waals surface area contributed by atoms with Gasteiger partial charge in [-0.05, 0) is 52.7 Å². The topological polar surface area (TPSA) is 119 Å². The minimum Gasteiger partial charge on any atom is -0.497 e. The summed E-state index contributed by atoms with van der Waals surface area (Å²) in [6.07, 6.45) is 0.294. The SMILES string of the molecule is COc1cccc(CC(C(=O)Nc2ccc(CC(=O)O)cc2)n2nnnc2C)c1. The van der Waals surface area contributed by atoms with E-state index in [4.69, 9.17) is 9.84 Å². The number of carboxylic acid groups (broad SMARTS) is 1. The number of hydrogen-bond donors (Lipinski definition) is 2. The van der Waals surface area contributed by atoms with Crippen LogP contribution in [0.4, 0.5) is 5.69 Å². The van der Waals surface area contributed by atoms with Gasteiger partial charge < -0.3 is 15.2 Å².